The molecule has 4 aliphatic rings. The van der Waals surface area contributed by atoms with Crippen molar-refractivity contribution in [3.63, 3.8) is 0 Å². The third kappa shape index (κ3) is 4.53. The number of amides is 1. The van der Waals surface area contributed by atoms with Gasteiger partial charge in [-0.3, -0.25) is 9.78 Å². The van der Waals surface area contributed by atoms with Gasteiger partial charge in [0.1, 0.15) is 5.60 Å². The van der Waals surface area contributed by atoms with E-state index in [9.17, 15) is 22.8 Å². The van der Waals surface area contributed by atoms with Gasteiger partial charge in [0.25, 0.3) is 5.91 Å². The van der Waals surface area contributed by atoms with Crippen molar-refractivity contribution in [2.24, 2.45) is 0 Å². The molecule has 5 rings (SSSR count). The number of methoxy groups -OCH3 is 1. The van der Waals surface area contributed by atoms with E-state index in [1.807, 2.05) is 0 Å². The van der Waals surface area contributed by atoms with Gasteiger partial charge in [-0.15, -0.1) is 0 Å². The smallest absolute Gasteiger partial charge is 0.417 e. The fourth-order valence-corrected chi connectivity index (χ4v) is 6.27. The van der Waals surface area contributed by atoms with Crippen LogP contribution in [0.2, 0.25) is 0 Å². The van der Waals surface area contributed by atoms with E-state index >= 15 is 0 Å². The van der Waals surface area contributed by atoms with Crippen LogP contribution in [0.3, 0.4) is 0 Å². The summed E-state index contributed by atoms with van der Waals surface area (Å²) in [4.78, 5) is 34.3. The van der Waals surface area contributed by atoms with Crippen LogP contribution in [0, 0.1) is 0 Å². The van der Waals surface area contributed by atoms with Crippen molar-refractivity contribution in [3.8, 4) is 0 Å². The van der Waals surface area contributed by atoms with E-state index in [0.29, 0.717) is 60.4 Å². The number of carbonyl (C=O) groups is 2. The summed E-state index contributed by atoms with van der Waals surface area (Å²) in [5.41, 5.74) is -0.148. The number of alkyl halides is 3. The molecule has 2 fully saturated rings. The molecule has 1 amide bonds. The van der Waals surface area contributed by atoms with Gasteiger partial charge < -0.3 is 19.3 Å². The average Bonchev–Trinajstić information content (AvgIpc) is 3.11. The van der Waals surface area contributed by atoms with E-state index in [-0.39, 0.29) is 12.5 Å². The highest BCUT2D eigenvalue weighted by Gasteiger charge is 2.52. The summed E-state index contributed by atoms with van der Waals surface area (Å²) in [6.07, 6.45) is 2.28. The zero-order valence-corrected chi connectivity index (χ0v) is 20.7. The minimum absolute atomic E-state index is 0.0288. The highest BCUT2D eigenvalue weighted by molar-refractivity contribution is 6.07. The molecule has 7 nitrogen and oxygen atoms in total. The molecule has 0 N–H and O–H groups in total. The van der Waals surface area contributed by atoms with E-state index in [1.54, 1.807) is 14.0 Å². The van der Waals surface area contributed by atoms with E-state index in [4.69, 9.17) is 9.47 Å². The molecule has 1 aromatic rings. The first kappa shape index (κ1) is 25.2. The molecule has 196 valence electrons. The first-order chi connectivity index (χ1) is 17.1. The van der Waals surface area contributed by atoms with Gasteiger partial charge in [-0.2, -0.15) is 13.2 Å². The third-order valence-corrected chi connectivity index (χ3v) is 8.39. The molecular weight excluding hydrogens is 475 g/mol. The van der Waals surface area contributed by atoms with E-state index < -0.39 is 23.3 Å². The highest BCUT2D eigenvalue weighted by atomic mass is 19.4. The zero-order chi connectivity index (χ0) is 25.7. The summed E-state index contributed by atoms with van der Waals surface area (Å²) >= 11 is 0. The number of piperidine rings is 1. The second-order valence-corrected chi connectivity index (χ2v) is 10.4. The van der Waals surface area contributed by atoms with Crippen molar-refractivity contribution in [1.82, 2.24) is 14.8 Å². The van der Waals surface area contributed by atoms with Crippen molar-refractivity contribution in [2.75, 3.05) is 26.7 Å². The molecule has 0 bridgehead atoms. The van der Waals surface area contributed by atoms with Gasteiger partial charge in [0.2, 0.25) is 0 Å². The van der Waals surface area contributed by atoms with Crippen LogP contribution < -0.4 is 0 Å². The largest absolute Gasteiger partial charge is 0.450 e. The number of rotatable bonds is 3. The lowest BCUT2D eigenvalue weighted by Gasteiger charge is -2.44. The molecule has 10 heteroatoms. The van der Waals surface area contributed by atoms with Crippen molar-refractivity contribution in [2.45, 2.75) is 82.3 Å². The Bertz CT molecular complexity index is 1070. The van der Waals surface area contributed by atoms with Crippen LogP contribution in [-0.2, 0) is 38.2 Å². The molecule has 0 aromatic carbocycles. The summed E-state index contributed by atoms with van der Waals surface area (Å²) in [6, 6.07) is 1.54. The number of esters is 1. The highest BCUT2D eigenvalue weighted by Crippen LogP contribution is 2.43. The van der Waals surface area contributed by atoms with E-state index in [2.05, 4.69) is 9.88 Å². The molecule has 4 heterocycles. The topological polar surface area (TPSA) is 72.0 Å². The van der Waals surface area contributed by atoms with Gasteiger partial charge in [-0.1, -0.05) is 0 Å². The van der Waals surface area contributed by atoms with Crippen molar-refractivity contribution in [3.05, 3.63) is 40.2 Å². The van der Waals surface area contributed by atoms with Crippen LogP contribution in [0.1, 0.15) is 62.3 Å². The predicted molar refractivity (Wildman–Crippen MR) is 124 cm³/mol. The fourth-order valence-electron chi connectivity index (χ4n) is 6.27. The normalized spacial score (nSPS) is 26.8. The maximum atomic E-state index is 13.7. The quantitative estimate of drug-likeness (QED) is 0.582. The Kier molecular flexibility index (Phi) is 6.61. The maximum absolute atomic E-state index is 13.7. The minimum Gasteiger partial charge on any atom is -0.450 e. The van der Waals surface area contributed by atoms with Gasteiger partial charge in [0.15, 0.2) is 0 Å². The standard InChI is InChI=1S/C26H32F3N3O4/c1-16-22(23(33)32-10-7-21-17(15-32)13-18(14-30-21)26(27,28)29)25(36-24(16)34)8-11-31(12-9-25)19-3-5-20(35-2)6-4-19/h13-14,19-20H,3-12,15H2,1-2H3/t19-,20+. The van der Waals surface area contributed by atoms with Gasteiger partial charge in [0.05, 0.1) is 17.2 Å². The van der Waals surface area contributed by atoms with Gasteiger partial charge in [-0.05, 0) is 44.2 Å². The van der Waals surface area contributed by atoms with Crippen LogP contribution >= 0.6 is 0 Å². The predicted octanol–water partition coefficient (Wildman–Crippen LogP) is 3.65. The summed E-state index contributed by atoms with van der Waals surface area (Å²) in [7, 11) is 1.75. The Morgan fingerprint density at radius 2 is 1.86 bits per heavy atom. The number of carbonyl (C=O) groups excluding carboxylic acids is 2. The fraction of sp³-hybridized carbons (Fsp3) is 0.654. The molecule has 36 heavy (non-hydrogen) atoms. The van der Waals surface area contributed by atoms with Crippen LogP contribution in [0.4, 0.5) is 13.2 Å². The summed E-state index contributed by atoms with van der Waals surface area (Å²) in [5, 5.41) is 0. The SMILES string of the molecule is CO[C@H]1CC[C@@H](N2CCC3(CC2)OC(=O)C(C)=C3C(=O)N2CCc3ncc(C(F)(F)F)cc3C2)CC1. The number of fused-ring (bicyclic) bond motifs is 1. The molecule has 0 unspecified atom stereocenters. The summed E-state index contributed by atoms with van der Waals surface area (Å²) in [6.45, 7) is 3.42. The Morgan fingerprint density at radius 1 is 1.17 bits per heavy atom. The zero-order valence-electron chi connectivity index (χ0n) is 20.7. The van der Waals surface area contributed by atoms with Gasteiger partial charge in [-0.25, -0.2) is 4.79 Å². The lowest BCUT2D eigenvalue weighted by atomic mass is 9.81. The van der Waals surface area contributed by atoms with Crippen molar-refractivity contribution < 1.29 is 32.2 Å². The molecule has 1 saturated carbocycles. The molecule has 3 aliphatic heterocycles. The van der Waals surface area contributed by atoms with Crippen LogP contribution in [0.25, 0.3) is 0 Å². The summed E-state index contributed by atoms with van der Waals surface area (Å²) in [5.74, 6) is -0.804. The van der Waals surface area contributed by atoms with Crippen LogP contribution in [-0.4, -0.2) is 71.2 Å². The monoisotopic (exact) mass is 507 g/mol. The molecule has 1 aliphatic carbocycles. The van der Waals surface area contributed by atoms with E-state index in [1.165, 1.54) is 4.90 Å². The number of hydrogen-bond acceptors (Lipinski definition) is 6. The summed E-state index contributed by atoms with van der Waals surface area (Å²) < 4.78 is 51.0. The first-order valence-corrected chi connectivity index (χ1v) is 12.7. The maximum Gasteiger partial charge on any atom is 0.417 e. The molecule has 1 aromatic heterocycles. The molecule has 0 atom stereocenters. The van der Waals surface area contributed by atoms with Crippen LogP contribution in [0.5, 0.6) is 0 Å². The number of likely N-dealkylation sites (tertiary alicyclic amines) is 1. The van der Waals surface area contributed by atoms with Crippen molar-refractivity contribution >= 4 is 11.9 Å². The lowest BCUT2D eigenvalue weighted by molar-refractivity contribution is -0.152. The van der Waals surface area contributed by atoms with Gasteiger partial charge >= 0.3 is 12.1 Å². The number of ether oxygens (including phenoxy) is 2. The number of aromatic nitrogens is 1. The second kappa shape index (κ2) is 9.45. The van der Waals surface area contributed by atoms with E-state index in [0.717, 1.165) is 51.0 Å². The van der Waals surface area contributed by atoms with Gasteiger partial charge in [0, 0.05) is 76.1 Å². The number of nitrogens with zero attached hydrogens (tertiary/aromatic N) is 3. The third-order valence-electron chi connectivity index (χ3n) is 8.39. The Morgan fingerprint density at radius 3 is 2.50 bits per heavy atom. The first-order valence-electron chi connectivity index (χ1n) is 12.7. The molecule has 1 spiro atoms. The van der Waals surface area contributed by atoms with Crippen molar-refractivity contribution in [1.29, 1.82) is 0 Å². The van der Waals surface area contributed by atoms with Crippen LogP contribution in [0.15, 0.2) is 23.4 Å². The Balaban J connectivity index is 1.31. The molecule has 0 radical (unpaired) electrons. The Labute approximate surface area is 208 Å². The Hall–Kier alpha value is -2.46. The molecular formula is C26H32F3N3O4. The number of halogens is 3. The molecule has 1 saturated heterocycles. The number of hydrogen-bond donors (Lipinski definition) is 0. The average molecular weight is 508 g/mol. The lowest BCUT2D eigenvalue weighted by Crippen LogP contribution is -2.52. The minimum atomic E-state index is -4.50. The second-order valence-electron chi connectivity index (χ2n) is 10.4. The number of pyridine rings is 1.